The molecular formula is C22H34N2O4. The van der Waals surface area contributed by atoms with Crippen molar-refractivity contribution in [3.8, 4) is 5.75 Å². The molecule has 1 aromatic carbocycles. The van der Waals surface area contributed by atoms with Crippen LogP contribution in [-0.2, 0) is 9.53 Å². The highest BCUT2D eigenvalue weighted by Crippen LogP contribution is 2.23. The molecule has 6 nitrogen and oxygen atoms in total. The molecule has 6 heteroatoms. The highest BCUT2D eigenvalue weighted by Gasteiger charge is 2.28. The second-order valence-corrected chi connectivity index (χ2v) is 8.05. The smallest absolute Gasteiger partial charge is 0.317 e. The molecule has 0 saturated carbocycles. The predicted octanol–water partition coefficient (Wildman–Crippen LogP) is 3.87. The van der Waals surface area contributed by atoms with Gasteiger partial charge in [-0.25, -0.2) is 4.79 Å². The minimum atomic E-state index is -0.196. The van der Waals surface area contributed by atoms with Crippen molar-refractivity contribution in [1.82, 2.24) is 10.2 Å². The lowest BCUT2D eigenvalue weighted by Crippen LogP contribution is -2.47. The van der Waals surface area contributed by atoms with E-state index >= 15 is 0 Å². The Kier molecular flexibility index (Phi) is 8.15. The number of nitrogens with one attached hydrogen (secondary N) is 1. The van der Waals surface area contributed by atoms with Crippen molar-refractivity contribution in [3.05, 3.63) is 29.3 Å². The number of ether oxygens (including phenoxy) is 2. The van der Waals surface area contributed by atoms with Gasteiger partial charge in [0.15, 0.2) is 0 Å². The fraction of sp³-hybridized carbons (Fsp3) is 0.636. The number of urea groups is 1. The molecule has 2 amide bonds. The Balaban J connectivity index is 1.68. The van der Waals surface area contributed by atoms with Gasteiger partial charge < -0.3 is 19.7 Å². The minimum Gasteiger partial charge on any atom is -0.490 e. The zero-order valence-electron chi connectivity index (χ0n) is 17.8. The van der Waals surface area contributed by atoms with Gasteiger partial charge in [0.05, 0.1) is 5.92 Å². The van der Waals surface area contributed by atoms with Crippen molar-refractivity contribution >= 4 is 12.0 Å². The van der Waals surface area contributed by atoms with Gasteiger partial charge >= 0.3 is 12.0 Å². The monoisotopic (exact) mass is 390 g/mol. The van der Waals surface area contributed by atoms with E-state index in [9.17, 15) is 9.59 Å². The third-order valence-electron chi connectivity index (χ3n) is 4.99. The average molecular weight is 391 g/mol. The van der Waals surface area contributed by atoms with Crippen LogP contribution in [0.2, 0.25) is 0 Å². The summed E-state index contributed by atoms with van der Waals surface area (Å²) in [4.78, 5) is 26.0. The maximum Gasteiger partial charge on any atom is 0.317 e. The van der Waals surface area contributed by atoms with E-state index in [0.29, 0.717) is 38.5 Å². The lowest BCUT2D eigenvalue weighted by Gasteiger charge is -2.31. The van der Waals surface area contributed by atoms with Crippen molar-refractivity contribution in [2.24, 2.45) is 5.92 Å². The van der Waals surface area contributed by atoms with Gasteiger partial charge in [0.2, 0.25) is 0 Å². The maximum absolute atomic E-state index is 12.2. The molecule has 1 aliphatic rings. The summed E-state index contributed by atoms with van der Waals surface area (Å²) in [5.41, 5.74) is 2.52. The zero-order valence-corrected chi connectivity index (χ0v) is 17.8. The fourth-order valence-electron chi connectivity index (χ4n) is 3.46. The van der Waals surface area contributed by atoms with Crippen molar-refractivity contribution in [3.63, 3.8) is 0 Å². The third kappa shape index (κ3) is 6.43. The van der Waals surface area contributed by atoms with Crippen LogP contribution in [0, 0.1) is 12.8 Å². The molecule has 0 bridgehead atoms. The van der Waals surface area contributed by atoms with Crippen molar-refractivity contribution in [1.29, 1.82) is 0 Å². The molecule has 1 fully saturated rings. The largest absolute Gasteiger partial charge is 0.490 e. The normalized spacial score (nSPS) is 15.0. The second kappa shape index (κ2) is 10.3. The topological polar surface area (TPSA) is 67.9 Å². The van der Waals surface area contributed by atoms with E-state index < -0.39 is 0 Å². The lowest BCUT2D eigenvalue weighted by atomic mass is 9.97. The van der Waals surface area contributed by atoms with Gasteiger partial charge in [-0.3, -0.25) is 4.79 Å². The molecular weight excluding hydrogens is 356 g/mol. The zero-order chi connectivity index (χ0) is 20.7. The Bertz CT molecular complexity index is 665. The number of piperidine rings is 1. The Morgan fingerprint density at radius 3 is 2.39 bits per heavy atom. The molecule has 0 aromatic heterocycles. The maximum atomic E-state index is 12.2. The third-order valence-corrected chi connectivity index (χ3v) is 4.99. The molecule has 0 atom stereocenters. The number of amides is 2. The summed E-state index contributed by atoms with van der Waals surface area (Å²) in [6.07, 6.45) is 1.28. The van der Waals surface area contributed by atoms with Crippen molar-refractivity contribution < 1.29 is 19.1 Å². The summed E-state index contributed by atoms with van der Waals surface area (Å²) < 4.78 is 11.1. The lowest BCUT2D eigenvalue weighted by molar-refractivity contribution is -0.150. The first kappa shape index (κ1) is 22.1. The Hall–Kier alpha value is -2.24. The van der Waals surface area contributed by atoms with Gasteiger partial charge in [0.25, 0.3) is 0 Å². The van der Waals surface area contributed by atoms with Crippen molar-refractivity contribution in [2.75, 3.05) is 26.3 Å². The van der Waals surface area contributed by atoms with Crippen LogP contribution in [0.5, 0.6) is 5.75 Å². The van der Waals surface area contributed by atoms with E-state index in [2.05, 4.69) is 32.2 Å². The van der Waals surface area contributed by atoms with Gasteiger partial charge in [0.1, 0.15) is 19.0 Å². The van der Waals surface area contributed by atoms with Gasteiger partial charge in [-0.1, -0.05) is 19.9 Å². The van der Waals surface area contributed by atoms with Gasteiger partial charge in [-0.2, -0.15) is 0 Å². The molecule has 2 rings (SSSR count). The number of hydrogen-bond donors (Lipinski definition) is 1. The molecule has 0 spiro atoms. The first-order chi connectivity index (χ1) is 13.3. The number of nitrogens with zero attached hydrogens (tertiary/aromatic N) is 1. The van der Waals surface area contributed by atoms with Crippen LogP contribution in [-0.4, -0.2) is 49.2 Å². The number of carbonyl (C=O) groups excluding carboxylic acids is 2. The number of rotatable bonds is 7. The Morgan fingerprint density at radius 2 is 1.82 bits per heavy atom. The van der Waals surface area contributed by atoms with E-state index in [4.69, 9.17) is 9.47 Å². The molecule has 28 heavy (non-hydrogen) atoms. The molecule has 1 saturated heterocycles. The summed E-state index contributed by atoms with van der Waals surface area (Å²) in [6, 6.07) is 6.12. The molecule has 1 N–H and O–H groups in total. The number of carbonyl (C=O) groups is 2. The molecule has 0 aliphatic carbocycles. The number of aryl methyl sites for hydroxylation is 1. The predicted molar refractivity (Wildman–Crippen MR) is 110 cm³/mol. The van der Waals surface area contributed by atoms with Gasteiger partial charge in [-0.05, 0) is 62.8 Å². The van der Waals surface area contributed by atoms with Crippen LogP contribution < -0.4 is 10.1 Å². The van der Waals surface area contributed by atoms with Crippen LogP contribution in [0.4, 0.5) is 4.79 Å². The Morgan fingerprint density at radius 1 is 1.14 bits per heavy atom. The van der Waals surface area contributed by atoms with Crippen LogP contribution >= 0.6 is 0 Å². The fourth-order valence-corrected chi connectivity index (χ4v) is 3.46. The molecule has 0 radical (unpaired) electrons. The van der Waals surface area contributed by atoms with E-state index in [1.54, 1.807) is 4.90 Å². The van der Waals surface area contributed by atoms with Gasteiger partial charge in [-0.15, -0.1) is 0 Å². The van der Waals surface area contributed by atoms with Crippen LogP contribution in [0.3, 0.4) is 0 Å². The average Bonchev–Trinajstić information content (AvgIpc) is 2.64. The molecule has 0 unspecified atom stereocenters. The van der Waals surface area contributed by atoms with Crippen LogP contribution in [0.15, 0.2) is 18.2 Å². The summed E-state index contributed by atoms with van der Waals surface area (Å²) in [5, 5.41) is 2.88. The van der Waals surface area contributed by atoms with Gasteiger partial charge in [0, 0.05) is 19.1 Å². The number of benzene rings is 1. The highest BCUT2D eigenvalue weighted by atomic mass is 16.6. The summed E-state index contributed by atoms with van der Waals surface area (Å²) >= 11 is 0. The second-order valence-electron chi connectivity index (χ2n) is 8.05. The van der Waals surface area contributed by atoms with Crippen LogP contribution in [0.1, 0.15) is 57.6 Å². The molecule has 1 aliphatic heterocycles. The summed E-state index contributed by atoms with van der Waals surface area (Å²) in [5.74, 6) is 0.940. The van der Waals surface area contributed by atoms with E-state index in [-0.39, 0.29) is 30.6 Å². The van der Waals surface area contributed by atoms with E-state index in [1.807, 2.05) is 26.0 Å². The highest BCUT2D eigenvalue weighted by molar-refractivity contribution is 5.76. The minimum absolute atomic E-state index is 0.0611. The molecule has 1 heterocycles. The number of hydrogen-bond acceptors (Lipinski definition) is 4. The molecule has 156 valence electrons. The first-order valence-electron chi connectivity index (χ1n) is 10.2. The number of esters is 1. The SMILES string of the molecule is Cc1cc(OCCOC(=O)C2CCN(C(=O)NC(C)C)CC2)ccc1C(C)C. The standard InChI is InChI=1S/C22H34N2O4/c1-15(2)20-7-6-19(14-17(20)5)27-12-13-28-21(25)18-8-10-24(11-9-18)22(26)23-16(3)4/h6-7,14-16,18H,8-13H2,1-5H3,(H,23,26). The number of likely N-dealkylation sites (tertiary alicyclic amines) is 1. The molecule has 1 aromatic rings. The van der Waals surface area contributed by atoms with E-state index in [0.717, 1.165) is 5.75 Å². The summed E-state index contributed by atoms with van der Waals surface area (Å²) in [7, 11) is 0. The van der Waals surface area contributed by atoms with Crippen molar-refractivity contribution in [2.45, 2.75) is 59.4 Å². The van der Waals surface area contributed by atoms with Crippen LogP contribution in [0.25, 0.3) is 0 Å². The first-order valence-corrected chi connectivity index (χ1v) is 10.2. The quantitative estimate of drug-likeness (QED) is 0.567. The summed E-state index contributed by atoms with van der Waals surface area (Å²) in [6.45, 7) is 12.0. The van der Waals surface area contributed by atoms with E-state index in [1.165, 1.54) is 11.1 Å². The Labute approximate surface area is 168 Å².